The number of halogens is 1. The van der Waals surface area contributed by atoms with Crippen LogP contribution in [0.1, 0.15) is 46.4 Å². The van der Waals surface area contributed by atoms with Gasteiger partial charge in [-0.15, -0.1) is 10.2 Å². The number of nitrogens with zero attached hydrogens (tertiary/aromatic N) is 4. The van der Waals surface area contributed by atoms with Gasteiger partial charge in [-0.3, -0.25) is 14.3 Å². The van der Waals surface area contributed by atoms with Crippen molar-refractivity contribution in [3.05, 3.63) is 107 Å². The predicted molar refractivity (Wildman–Crippen MR) is 138 cm³/mol. The van der Waals surface area contributed by atoms with E-state index in [2.05, 4.69) is 20.5 Å². The van der Waals surface area contributed by atoms with Crippen LogP contribution in [-0.4, -0.2) is 30.8 Å². The van der Waals surface area contributed by atoms with Crippen molar-refractivity contribution < 1.29 is 9.90 Å². The van der Waals surface area contributed by atoms with Gasteiger partial charge in [-0.1, -0.05) is 41.9 Å². The van der Waals surface area contributed by atoms with E-state index in [1.54, 1.807) is 47.7 Å². The number of nitrogens with one attached hydrogen (secondary N) is 1. The van der Waals surface area contributed by atoms with E-state index in [1.807, 2.05) is 37.3 Å². The van der Waals surface area contributed by atoms with Gasteiger partial charge in [0.25, 0.3) is 5.91 Å². The minimum absolute atomic E-state index is 0.0655. The molecule has 0 radical (unpaired) electrons. The van der Waals surface area contributed by atoms with Crippen molar-refractivity contribution in [1.82, 2.24) is 25.1 Å². The second-order valence-electron chi connectivity index (χ2n) is 9.00. The monoisotopic (exact) mass is 500 g/mol. The first-order valence-electron chi connectivity index (χ1n) is 11.5. The summed E-state index contributed by atoms with van der Waals surface area (Å²) in [6.07, 6.45) is 6.30. The Hall–Kier alpha value is -4.17. The number of rotatable bonds is 5. The predicted octanol–water partition coefficient (Wildman–Crippen LogP) is 4.51. The van der Waals surface area contributed by atoms with Crippen molar-refractivity contribution in [2.75, 3.05) is 0 Å². The molecular formula is C27H25ClN6O2. The standard InChI is InChI=1S/C27H25ClN6O2/c1-17-11-24(35)25(30-14-17)21-13-27(10-9-23(21)29,18-5-3-2-4-6-18)33-26(36)20-8-7-19(12-22(20)28)34-15-31-32-16-34/h2-8,11-12,14-16,35H,9-10,13,29H2,1H3,(H,33,36). The van der Waals surface area contributed by atoms with Gasteiger partial charge >= 0.3 is 0 Å². The molecule has 0 fully saturated rings. The van der Waals surface area contributed by atoms with Gasteiger partial charge in [-0.25, -0.2) is 0 Å². The van der Waals surface area contributed by atoms with Crippen molar-refractivity contribution in [2.24, 2.45) is 5.73 Å². The molecular weight excluding hydrogens is 476 g/mol. The number of benzene rings is 2. The van der Waals surface area contributed by atoms with Crippen LogP contribution in [0, 0.1) is 6.92 Å². The first-order valence-corrected chi connectivity index (χ1v) is 11.9. The molecule has 0 saturated heterocycles. The van der Waals surface area contributed by atoms with Gasteiger partial charge in [0.1, 0.15) is 24.1 Å². The molecule has 1 atom stereocenters. The van der Waals surface area contributed by atoms with E-state index < -0.39 is 5.54 Å². The van der Waals surface area contributed by atoms with E-state index in [0.29, 0.717) is 41.2 Å². The number of nitrogens with two attached hydrogens (primary N) is 1. The van der Waals surface area contributed by atoms with Gasteiger partial charge in [0, 0.05) is 29.6 Å². The van der Waals surface area contributed by atoms with Crippen LogP contribution in [-0.2, 0) is 5.54 Å². The zero-order valence-electron chi connectivity index (χ0n) is 19.6. The molecule has 5 rings (SSSR count). The van der Waals surface area contributed by atoms with Crippen molar-refractivity contribution in [3.63, 3.8) is 0 Å². The van der Waals surface area contributed by atoms with Crippen LogP contribution in [0.25, 0.3) is 11.3 Å². The Labute approximate surface area is 213 Å². The van der Waals surface area contributed by atoms with Crippen LogP contribution >= 0.6 is 11.6 Å². The number of hydrogen-bond acceptors (Lipinski definition) is 6. The topological polar surface area (TPSA) is 119 Å². The van der Waals surface area contributed by atoms with Crippen LogP contribution in [0.15, 0.2) is 79.1 Å². The SMILES string of the molecule is Cc1cnc(C2=C(N)CCC(NC(=O)c3ccc(-n4cnnc4)cc3Cl)(c3ccccc3)C2)c(O)c1. The molecule has 2 aromatic heterocycles. The number of pyridine rings is 1. The maximum absolute atomic E-state index is 13.6. The number of aromatic nitrogens is 4. The van der Waals surface area contributed by atoms with E-state index in [4.69, 9.17) is 17.3 Å². The Balaban J connectivity index is 1.52. The molecule has 1 aliphatic rings. The molecule has 0 spiro atoms. The molecule has 1 amide bonds. The largest absolute Gasteiger partial charge is 0.506 e. The molecule has 8 nitrogen and oxygen atoms in total. The first-order chi connectivity index (χ1) is 17.4. The van der Waals surface area contributed by atoms with E-state index in [9.17, 15) is 9.90 Å². The Kier molecular flexibility index (Phi) is 6.20. The van der Waals surface area contributed by atoms with Gasteiger partial charge in [-0.05, 0) is 55.2 Å². The summed E-state index contributed by atoms with van der Waals surface area (Å²) in [7, 11) is 0. The van der Waals surface area contributed by atoms with Crippen LogP contribution in [0.4, 0.5) is 0 Å². The Morgan fingerprint density at radius 3 is 2.58 bits per heavy atom. The van der Waals surface area contributed by atoms with Crippen LogP contribution in [0.5, 0.6) is 5.75 Å². The van der Waals surface area contributed by atoms with Gasteiger partial charge in [-0.2, -0.15) is 0 Å². The summed E-state index contributed by atoms with van der Waals surface area (Å²) in [5.74, 6) is -0.240. The Morgan fingerprint density at radius 2 is 1.89 bits per heavy atom. The Bertz CT molecular complexity index is 1450. The van der Waals surface area contributed by atoms with Crippen LogP contribution in [0.3, 0.4) is 0 Å². The highest BCUT2D eigenvalue weighted by atomic mass is 35.5. The molecule has 0 aliphatic heterocycles. The highest BCUT2D eigenvalue weighted by Gasteiger charge is 2.40. The fourth-order valence-corrected chi connectivity index (χ4v) is 4.94. The normalized spacial score (nSPS) is 17.7. The summed E-state index contributed by atoms with van der Waals surface area (Å²) in [6, 6.07) is 16.6. The number of aryl methyl sites for hydroxylation is 1. The number of allylic oxidation sites excluding steroid dienone is 1. The van der Waals surface area contributed by atoms with Crippen LogP contribution < -0.4 is 11.1 Å². The van der Waals surface area contributed by atoms with Crippen molar-refractivity contribution in [1.29, 1.82) is 0 Å². The summed E-state index contributed by atoms with van der Waals surface area (Å²) in [5, 5.41) is 21.8. The number of aromatic hydroxyl groups is 1. The van der Waals surface area contributed by atoms with Gasteiger partial charge in [0.2, 0.25) is 0 Å². The smallest absolute Gasteiger partial charge is 0.253 e. The lowest BCUT2D eigenvalue weighted by Crippen LogP contribution is -2.48. The van der Waals surface area contributed by atoms with E-state index in [-0.39, 0.29) is 11.7 Å². The summed E-state index contributed by atoms with van der Waals surface area (Å²) >= 11 is 6.55. The van der Waals surface area contributed by atoms with Gasteiger partial charge in [0.15, 0.2) is 0 Å². The molecule has 2 heterocycles. The molecule has 9 heteroatoms. The zero-order valence-corrected chi connectivity index (χ0v) is 20.4. The van der Waals surface area contributed by atoms with E-state index in [1.165, 1.54) is 0 Å². The molecule has 1 unspecified atom stereocenters. The van der Waals surface area contributed by atoms with Crippen molar-refractivity contribution >= 4 is 23.1 Å². The molecule has 2 aromatic carbocycles. The highest BCUT2D eigenvalue weighted by molar-refractivity contribution is 6.34. The third-order valence-electron chi connectivity index (χ3n) is 6.57. The molecule has 1 aliphatic carbocycles. The van der Waals surface area contributed by atoms with E-state index in [0.717, 1.165) is 22.4 Å². The van der Waals surface area contributed by atoms with E-state index >= 15 is 0 Å². The van der Waals surface area contributed by atoms with Crippen LogP contribution in [0.2, 0.25) is 5.02 Å². The number of hydrogen-bond donors (Lipinski definition) is 3. The third-order valence-corrected chi connectivity index (χ3v) is 6.88. The molecule has 182 valence electrons. The average Bonchev–Trinajstić information content (AvgIpc) is 3.41. The number of amides is 1. The number of carbonyl (C=O) groups is 1. The zero-order chi connectivity index (χ0) is 25.3. The van der Waals surface area contributed by atoms with Gasteiger partial charge in [0.05, 0.1) is 16.1 Å². The second kappa shape index (κ2) is 9.47. The first kappa shape index (κ1) is 23.6. The maximum Gasteiger partial charge on any atom is 0.253 e. The fourth-order valence-electron chi connectivity index (χ4n) is 4.67. The lowest BCUT2D eigenvalue weighted by molar-refractivity contribution is 0.0890. The summed E-state index contributed by atoms with van der Waals surface area (Å²) < 4.78 is 1.71. The maximum atomic E-state index is 13.6. The quantitative estimate of drug-likeness (QED) is 0.371. The molecule has 36 heavy (non-hydrogen) atoms. The molecule has 4 N–H and O–H groups in total. The number of carbonyl (C=O) groups excluding carboxylic acids is 1. The Morgan fingerprint density at radius 1 is 1.14 bits per heavy atom. The lowest BCUT2D eigenvalue weighted by atomic mass is 9.74. The lowest BCUT2D eigenvalue weighted by Gasteiger charge is -2.40. The minimum Gasteiger partial charge on any atom is -0.506 e. The summed E-state index contributed by atoms with van der Waals surface area (Å²) in [4.78, 5) is 18.1. The van der Waals surface area contributed by atoms with Crippen molar-refractivity contribution in [2.45, 2.75) is 31.7 Å². The molecule has 4 aromatic rings. The molecule has 0 saturated carbocycles. The third kappa shape index (κ3) is 4.43. The average molecular weight is 501 g/mol. The molecule has 0 bridgehead atoms. The highest BCUT2D eigenvalue weighted by Crippen LogP contribution is 2.44. The summed E-state index contributed by atoms with van der Waals surface area (Å²) in [5.41, 5.74) is 10.3. The fraction of sp³-hybridized carbons (Fsp3) is 0.185. The minimum atomic E-state index is -0.772. The van der Waals surface area contributed by atoms with Crippen molar-refractivity contribution in [3.8, 4) is 11.4 Å². The summed E-state index contributed by atoms with van der Waals surface area (Å²) in [6.45, 7) is 1.86. The van der Waals surface area contributed by atoms with Gasteiger partial charge < -0.3 is 16.2 Å². The second-order valence-corrected chi connectivity index (χ2v) is 9.40.